The van der Waals surface area contributed by atoms with Crippen molar-refractivity contribution in [3.8, 4) is 5.69 Å². The number of carbonyl (C=O) groups excluding carboxylic acids is 1. The summed E-state index contributed by atoms with van der Waals surface area (Å²) in [4.78, 5) is 12.5. The highest BCUT2D eigenvalue weighted by atomic mass is 35.5. The Morgan fingerprint density at radius 2 is 2.11 bits per heavy atom. The molecule has 3 N–H and O–H groups in total. The van der Waals surface area contributed by atoms with Crippen LogP contribution in [0, 0.1) is 5.92 Å². The van der Waals surface area contributed by atoms with E-state index in [2.05, 4.69) is 27.8 Å². The van der Waals surface area contributed by atoms with E-state index in [1.165, 1.54) is 0 Å². The third-order valence-corrected chi connectivity index (χ3v) is 4.70. The Labute approximate surface area is 165 Å². The van der Waals surface area contributed by atoms with Gasteiger partial charge in [-0.25, -0.2) is 0 Å². The van der Waals surface area contributed by atoms with Crippen molar-refractivity contribution in [1.29, 1.82) is 0 Å². The van der Waals surface area contributed by atoms with Crippen molar-refractivity contribution in [1.82, 2.24) is 25.5 Å². The number of nitrogens with zero attached hydrogens (tertiary/aromatic N) is 4. The number of carbonyl (C=O) groups is 1. The van der Waals surface area contributed by atoms with Crippen molar-refractivity contribution >= 4 is 18.3 Å². The number of halogens is 1. The quantitative estimate of drug-likeness (QED) is 0.738. The second-order valence-corrected chi connectivity index (χ2v) is 6.64. The van der Waals surface area contributed by atoms with E-state index in [-0.39, 0.29) is 42.9 Å². The smallest absolute Gasteiger partial charge is 0.223 e. The molecule has 0 aliphatic heterocycles. The SMILES string of the molecule is CCCO[C@@H]1CC[C@H](C(=O)NCc2nnnn2-c2ccccc2)C[C@H]1N.Cl. The number of rotatable bonds is 7. The van der Waals surface area contributed by atoms with Crippen molar-refractivity contribution in [3.63, 3.8) is 0 Å². The van der Waals surface area contributed by atoms with Crippen LogP contribution in [0.4, 0.5) is 0 Å². The van der Waals surface area contributed by atoms with E-state index in [0.717, 1.165) is 31.6 Å². The lowest BCUT2D eigenvalue weighted by Crippen LogP contribution is -2.46. The fourth-order valence-corrected chi connectivity index (χ4v) is 3.29. The first kappa shape index (κ1) is 21.3. The molecule has 1 saturated carbocycles. The van der Waals surface area contributed by atoms with E-state index in [1.54, 1.807) is 4.68 Å². The fraction of sp³-hybridized carbons (Fsp3) is 0.556. The number of nitrogens with one attached hydrogen (secondary N) is 1. The molecule has 0 bridgehead atoms. The summed E-state index contributed by atoms with van der Waals surface area (Å²) in [5, 5.41) is 14.7. The van der Waals surface area contributed by atoms with Crippen LogP contribution in [0.15, 0.2) is 30.3 Å². The molecular weight excluding hydrogens is 368 g/mol. The van der Waals surface area contributed by atoms with Crippen molar-refractivity contribution in [2.24, 2.45) is 11.7 Å². The van der Waals surface area contributed by atoms with Gasteiger partial charge in [-0.3, -0.25) is 4.79 Å². The molecule has 0 unspecified atom stereocenters. The molecule has 1 aliphatic carbocycles. The highest BCUT2D eigenvalue weighted by molar-refractivity contribution is 5.85. The third kappa shape index (κ3) is 5.47. The van der Waals surface area contributed by atoms with Crippen LogP contribution in [0.25, 0.3) is 5.69 Å². The van der Waals surface area contributed by atoms with Gasteiger partial charge in [0.25, 0.3) is 0 Å². The molecule has 27 heavy (non-hydrogen) atoms. The maximum Gasteiger partial charge on any atom is 0.223 e. The Morgan fingerprint density at radius 3 is 2.81 bits per heavy atom. The van der Waals surface area contributed by atoms with Crippen LogP contribution >= 0.6 is 12.4 Å². The minimum absolute atomic E-state index is 0. The van der Waals surface area contributed by atoms with Gasteiger partial charge in [0.05, 0.1) is 18.3 Å². The van der Waals surface area contributed by atoms with Crippen LogP contribution in [-0.4, -0.2) is 44.9 Å². The van der Waals surface area contributed by atoms with Crippen LogP contribution in [0.3, 0.4) is 0 Å². The number of benzene rings is 1. The van der Waals surface area contributed by atoms with Gasteiger partial charge in [-0.1, -0.05) is 25.1 Å². The van der Waals surface area contributed by atoms with Crippen molar-refractivity contribution in [2.75, 3.05) is 6.61 Å². The lowest BCUT2D eigenvalue weighted by atomic mass is 9.83. The van der Waals surface area contributed by atoms with Crippen molar-refractivity contribution in [3.05, 3.63) is 36.2 Å². The zero-order chi connectivity index (χ0) is 18.4. The predicted octanol–water partition coefficient (Wildman–Crippen LogP) is 1.62. The number of aromatic nitrogens is 4. The molecule has 1 aromatic heterocycles. The number of tetrazole rings is 1. The van der Waals surface area contributed by atoms with Crippen LogP contribution in [0.2, 0.25) is 0 Å². The van der Waals surface area contributed by atoms with Gasteiger partial charge >= 0.3 is 0 Å². The van der Waals surface area contributed by atoms with Crippen LogP contribution < -0.4 is 11.1 Å². The molecule has 148 valence electrons. The number of hydrogen-bond donors (Lipinski definition) is 2. The van der Waals surface area contributed by atoms with Crippen LogP contribution in [-0.2, 0) is 16.1 Å². The maximum atomic E-state index is 12.5. The van der Waals surface area contributed by atoms with Crippen LogP contribution in [0.1, 0.15) is 38.4 Å². The Morgan fingerprint density at radius 1 is 1.33 bits per heavy atom. The van der Waals surface area contributed by atoms with E-state index >= 15 is 0 Å². The van der Waals surface area contributed by atoms with E-state index in [1.807, 2.05) is 30.3 Å². The topological polar surface area (TPSA) is 108 Å². The number of nitrogens with two attached hydrogens (primary N) is 1. The van der Waals surface area contributed by atoms with Gasteiger partial charge in [0, 0.05) is 18.6 Å². The van der Waals surface area contributed by atoms with Crippen LogP contribution in [0.5, 0.6) is 0 Å². The minimum atomic E-state index is -0.0966. The lowest BCUT2D eigenvalue weighted by Gasteiger charge is -2.33. The molecule has 0 radical (unpaired) electrons. The van der Waals surface area contributed by atoms with Gasteiger partial charge in [0.2, 0.25) is 5.91 Å². The van der Waals surface area contributed by atoms with Gasteiger partial charge < -0.3 is 15.8 Å². The number of ether oxygens (including phenoxy) is 1. The Bertz CT molecular complexity index is 711. The molecule has 9 heteroatoms. The largest absolute Gasteiger partial charge is 0.377 e. The molecule has 0 saturated heterocycles. The van der Waals surface area contributed by atoms with Gasteiger partial charge in [-0.2, -0.15) is 4.68 Å². The monoisotopic (exact) mass is 394 g/mol. The first-order chi connectivity index (χ1) is 12.7. The highest BCUT2D eigenvalue weighted by Gasteiger charge is 2.32. The van der Waals surface area contributed by atoms with E-state index in [9.17, 15) is 4.79 Å². The summed E-state index contributed by atoms with van der Waals surface area (Å²) in [6.07, 6.45) is 3.29. The summed E-state index contributed by atoms with van der Waals surface area (Å²) in [6, 6.07) is 9.50. The Balaban J connectivity index is 0.00000261. The molecule has 8 nitrogen and oxygen atoms in total. The molecule has 2 aromatic rings. The molecule has 1 fully saturated rings. The summed E-state index contributed by atoms with van der Waals surface area (Å²) < 4.78 is 7.40. The third-order valence-electron chi connectivity index (χ3n) is 4.70. The zero-order valence-corrected chi connectivity index (χ0v) is 16.3. The minimum Gasteiger partial charge on any atom is -0.377 e. The lowest BCUT2D eigenvalue weighted by molar-refractivity contribution is -0.127. The first-order valence-electron chi connectivity index (χ1n) is 9.16. The Hall–Kier alpha value is -2.03. The standard InChI is InChI=1S/C18H26N6O2.ClH/c1-2-10-26-16-9-8-13(11-15(16)19)18(25)20-12-17-21-22-23-24(17)14-6-4-3-5-7-14;/h3-7,13,15-16H,2,8-12,19H2,1H3,(H,20,25);1H/t13-,15+,16+;/m0./s1. The van der Waals surface area contributed by atoms with Gasteiger partial charge in [-0.15, -0.1) is 17.5 Å². The first-order valence-corrected chi connectivity index (χ1v) is 9.16. The number of para-hydroxylation sites is 1. The molecule has 1 aromatic carbocycles. The zero-order valence-electron chi connectivity index (χ0n) is 15.5. The maximum absolute atomic E-state index is 12.5. The molecular formula is C18H27ClN6O2. The summed E-state index contributed by atoms with van der Waals surface area (Å²) in [5.74, 6) is 0.498. The average molecular weight is 395 g/mol. The second kappa shape index (κ2) is 10.3. The average Bonchev–Trinajstić information content (AvgIpc) is 3.14. The van der Waals surface area contributed by atoms with Crippen molar-refractivity contribution in [2.45, 2.75) is 51.3 Å². The molecule has 0 spiro atoms. The van der Waals surface area contributed by atoms with Gasteiger partial charge in [0.1, 0.15) is 0 Å². The summed E-state index contributed by atoms with van der Waals surface area (Å²) in [6.45, 7) is 3.08. The van der Waals surface area contributed by atoms with Crippen molar-refractivity contribution < 1.29 is 9.53 Å². The number of hydrogen-bond acceptors (Lipinski definition) is 6. The normalized spacial score (nSPS) is 22.1. The summed E-state index contributed by atoms with van der Waals surface area (Å²) >= 11 is 0. The Kier molecular flexibility index (Phi) is 8.15. The number of amides is 1. The van der Waals surface area contributed by atoms with E-state index in [4.69, 9.17) is 10.5 Å². The van der Waals surface area contributed by atoms with Gasteiger partial charge in [-0.05, 0) is 48.2 Å². The summed E-state index contributed by atoms with van der Waals surface area (Å²) in [5.41, 5.74) is 7.06. The molecule has 1 amide bonds. The molecule has 1 heterocycles. The molecule has 3 atom stereocenters. The highest BCUT2D eigenvalue weighted by Crippen LogP contribution is 2.26. The van der Waals surface area contributed by atoms with Gasteiger partial charge in [0.15, 0.2) is 5.82 Å². The second-order valence-electron chi connectivity index (χ2n) is 6.64. The fourth-order valence-electron chi connectivity index (χ4n) is 3.29. The predicted molar refractivity (Wildman–Crippen MR) is 104 cm³/mol. The molecule has 1 aliphatic rings. The summed E-state index contributed by atoms with van der Waals surface area (Å²) in [7, 11) is 0. The van der Waals surface area contributed by atoms with E-state index < -0.39 is 0 Å². The van der Waals surface area contributed by atoms with E-state index in [0.29, 0.717) is 12.2 Å². The molecule has 3 rings (SSSR count).